The standard InChI is InChI=1S/C5H10.CH4/c1-4-5(2)3;/h4H,1-3H3;1H4. The van der Waals surface area contributed by atoms with Crippen LogP contribution in [0, 0.1) is 0 Å². The average Bonchev–Trinajstić information content (AvgIpc) is 1.38. The summed E-state index contributed by atoms with van der Waals surface area (Å²) in [5, 5.41) is 0. The van der Waals surface area contributed by atoms with E-state index in [4.69, 9.17) is 0 Å². The van der Waals surface area contributed by atoms with E-state index in [1.165, 1.54) is 5.57 Å². The molecule has 0 nitrogen and oxygen atoms in total. The van der Waals surface area contributed by atoms with Crippen molar-refractivity contribution >= 4 is 0 Å². The maximum absolute atomic E-state index is 2.08. The fourth-order valence-electron chi connectivity index (χ4n) is 0. The summed E-state index contributed by atoms with van der Waals surface area (Å²) >= 11 is 0. The second kappa shape index (κ2) is 4.74. The van der Waals surface area contributed by atoms with E-state index in [1.54, 1.807) is 0 Å². The van der Waals surface area contributed by atoms with Crippen LogP contribution >= 0.6 is 0 Å². The Kier molecular flexibility index (Phi) is 7.28. The van der Waals surface area contributed by atoms with Crippen LogP contribution < -0.4 is 0 Å². The molecule has 0 amide bonds. The number of hydrogen-bond acceptors (Lipinski definition) is 0. The van der Waals surface area contributed by atoms with Crippen LogP contribution in [0.15, 0.2) is 11.6 Å². The van der Waals surface area contributed by atoms with E-state index < -0.39 is 0 Å². The van der Waals surface area contributed by atoms with Gasteiger partial charge in [-0.2, -0.15) is 0 Å². The molecule has 38 valence electrons. The lowest BCUT2D eigenvalue weighted by molar-refractivity contribution is 1.36. The minimum Gasteiger partial charge on any atom is -0.0890 e. The van der Waals surface area contributed by atoms with Crippen LogP contribution in [0.1, 0.15) is 28.2 Å². The van der Waals surface area contributed by atoms with Gasteiger partial charge in [-0.05, 0) is 20.8 Å². The van der Waals surface area contributed by atoms with Crippen LogP contribution in [-0.4, -0.2) is 0 Å². The molecule has 0 atom stereocenters. The van der Waals surface area contributed by atoms with E-state index in [0.717, 1.165) is 0 Å². The molecule has 6 heavy (non-hydrogen) atoms. The van der Waals surface area contributed by atoms with E-state index in [-0.39, 0.29) is 7.43 Å². The van der Waals surface area contributed by atoms with Gasteiger partial charge in [0.25, 0.3) is 0 Å². The first-order chi connectivity index (χ1) is 2.27. The highest BCUT2D eigenvalue weighted by atomic mass is 13.7. The van der Waals surface area contributed by atoms with E-state index in [9.17, 15) is 0 Å². The molecule has 0 rings (SSSR count). The SMILES string of the molecule is C.CC=C(C)C. The van der Waals surface area contributed by atoms with E-state index in [1.807, 2.05) is 6.92 Å². The molecule has 0 unspecified atom stereocenters. The van der Waals surface area contributed by atoms with Gasteiger partial charge in [0.1, 0.15) is 0 Å². The lowest BCUT2D eigenvalue weighted by atomic mass is 10.3. The van der Waals surface area contributed by atoms with Crippen molar-refractivity contribution in [2.75, 3.05) is 0 Å². The van der Waals surface area contributed by atoms with Gasteiger partial charge in [0.05, 0.1) is 0 Å². The molecule has 0 aliphatic carbocycles. The van der Waals surface area contributed by atoms with Crippen molar-refractivity contribution in [3.05, 3.63) is 11.6 Å². The molecule has 0 aliphatic rings. The fourth-order valence-corrected chi connectivity index (χ4v) is 0. The zero-order valence-corrected chi connectivity index (χ0v) is 4.08. The largest absolute Gasteiger partial charge is 0.0890 e. The first kappa shape index (κ1) is 9.22. The van der Waals surface area contributed by atoms with Gasteiger partial charge in [-0.1, -0.05) is 19.1 Å². The Morgan fingerprint density at radius 2 is 1.50 bits per heavy atom. The Hall–Kier alpha value is -0.260. The normalized spacial score (nSPS) is 5.83. The molecule has 0 spiro atoms. The molecule has 0 fully saturated rings. The quantitative estimate of drug-likeness (QED) is 0.397. The first-order valence-corrected chi connectivity index (χ1v) is 1.87. The molecule has 0 aliphatic heterocycles. The van der Waals surface area contributed by atoms with Gasteiger partial charge < -0.3 is 0 Å². The monoisotopic (exact) mass is 86.1 g/mol. The van der Waals surface area contributed by atoms with Gasteiger partial charge in [0.2, 0.25) is 0 Å². The van der Waals surface area contributed by atoms with Crippen LogP contribution in [-0.2, 0) is 0 Å². The van der Waals surface area contributed by atoms with Crippen LogP contribution in [0.25, 0.3) is 0 Å². The average molecular weight is 86.2 g/mol. The summed E-state index contributed by atoms with van der Waals surface area (Å²) in [6.07, 6.45) is 2.08. The predicted octanol–water partition coefficient (Wildman–Crippen LogP) is 2.61. The van der Waals surface area contributed by atoms with E-state index in [2.05, 4.69) is 19.9 Å². The molecule has 0 aromatic heterocycles. The maximum atomic E-state index is 2.08. The zero-order valence-electron chi connectivity index (χ0n) is 4.08. The van der Waals surface area contributed by atoms with E-state index in [0.29, 0.717) is 0 Å². The smallest absolute Gasteiger partial charge is 0.0442 e. The van der Waals surface area contributed by atoms with Gasteiger partial charge in [0.15, 0.2) is 0 Å². The highest BCUT2D eigenvalue weighted by Gasteiger charge is 1.60. The molecule has 0 saturated heterocycles. The topological polar surface area (TPSA) is 0 Å². The summed E-state index contributed by atoms with van der Waals surface area (Å²) in [5.41, 5.74) is 1.38. The molecule has 0 N–H and O–H groups in total. The summed E-state index contributed by atoms with van der Waals surface area (Å²) < 4.78 is 0. The van der Waals surface area contributed by atoms with Gasteiger partial charge >= 0.3 is 0 Å². The van der Waals surface area contributed by atoms with Gasteiger partial charge in [-0.25, -0.2) is 0 Å². The predicted molar refractivity (Wildman–Crippen MR) is 31.8 cm³/mol. The Morgan fingerprint density at radius 3 is 1.50 bits per heavy atom. The third kappa shape index (κ3) is 9.27. The second-order valence-corrected chi connectivity index (χ2v) is 1.37. The maximum Gasteiger partial charge on any atom is -0.0442 e. The lowest BCUT2D eigenvalue weighted by Gasteiger charge is -1.74. The van der Waals surface area contributed by atoms with Crippen molar-refractivity contribution in [1.82, 2.24) is 0 Å². The van der Waals surface area contributed by atoms with Crippen LogP contribution in [0.3, 0.4) is 0 Å². The molecule has 0 radical (unpaired) electrons. The third-order valence-electron chi connectivity index (χ3n) is 0.577. The number of rotatable bonds is 0. The Morgan fingerprint density at radius 1 is 1.33 bits per heavy atom. The zero-order chi connectivity index (χ0) is 4.28. The Balaban J connectivity index is 0. The van der Waals surface area contributed by atoms with Crippen LogP contribution in [0.2, 0.25) is 0 Å². The number of hydrogen-bond donors (Lipinski definition) is 0. The molecule has 0 aromatic rings. The second-order valence-electron chi connectivity index (χ2n) is 1.37. The summed E-state index contributed by atoms with van der Waals surface area (Å²) in [5.74, 6) is 0. The molecular formula is C6H14. The van der Waals surface area contributed by atoms with Crippen molar-refractivity contribution in [1.29, 1.82) is 0 Å². The van der Waals surface area contributed by atoms with Crippen molar-refractivity contribution in [2.45, 2.75) is 28.2 Å². The van der Waals surface area contributed by atoms with Crippen molar-refractivity contribution < 1.29 is 0 Å². The molecule has 0 bridgehead atoms. The highest BCUT2D eigenvalue weighted by Crippen LogP contribution is 1.82. The summed E-state index contributed by atoms with van der Waals surface area (Å²) in [6, 6.07) is 0. The summed E-state index contributed by atoms with van der Waals surface area (Å²) in [7, 11) is 0. The van der Waals surface area contributed by atoms with Gasteiger partial charge in [0, 0.05) is 0 Å². The van der Waals surface area contributed by atoms with Crippen molar-refractivity contribution in [2.24, 2.45) is 0 Å². The van der Waals surface area contributed by atoms with Crippen molar-refractivity contribution in [3.8, 4) is 0 Å². The van der Waals surface area contributed by atoms with Gasteiger partial charge in [-0.15, -0.1) is 0 Å². The minimum absolute atomic E-state index is 0. The first-order valence-electron chi connectivity index (χ1n) is 1.87. The Labute approximate surface area is 40.9 Å². The molecule has 0 heteroatoms. The van der Waals surface area contributed by atoms with Crippen LogP contribution in [0.4, 0.5) is 0 Å². The van der Waals surface area contributed by atoms with E-state index >= 15 is 0 Å². The third-order valence-corrected chi connectivity index (χ3v) is 0.577. The van der Waals surface area contributed by atoms with Crippen molar-refractivity contribution in [3.63, 3.8) is 0 Å². The van der Waals surface area contributed by atoms with Crippen LogP contribution in [0.5, 0.6) is 0 Å². The Bertz CT molecular complexity index is 38.0. The summed E-state index contributed by atoms with van der Waals surface area (Å²) in [6.45, 7) is 6.20. The molecular weight excluding hydrogens is 72.1 g/mol. The molecule has 0 heterocycles. The van der Waals surface area contributed by atoms with Gasteiger partial charge in [-0.3, -0.25) is 0 Å². The number of allylic oxidation sites excluding steroid dienone is 2. The highest BCUT2D eigenvalue weighted by molar-refractivity contribution is 4.88. The summed E-state index contributed by atoms with van der Waals surface area (Å²) in [4.78, 5) is 0. The molecule has 0 saturated carbocycles. The minimum atomic E-state index is 0. The molecule has 0 aromatic carbocycles. The lowest BCUT2D eigenvalue weighted by Crippen LogP contribution is -1.52. The fraction of sp³-hybridized carbons (Fsp3) is 0.667.